The van der Waals surface area contributed by atoms with Crippen molar-refractivity contribution in [2.75, 3.05) is 13.2 Å². The number of benzene rings is 2. The Morgan fingerprint density at radius 2 is 1.72 bits per heavy atom. The van der Waals surface area contributed by atoms with Gasteiger partial charge in [-0.3, -0.25) is 14.9 Å². The second-order valence-corrected chi connectivity index (χ2v) is 5.30. The molecular formula is C17H15N3O5. The summed E-state index contributed by atoms with van der Waals surface area (Å²) in [6, 6.07) is 10.7. The minimum atomic E-state index is -0.522. The van der Waals surface area contributed by atoms with Gasteiger partial charge in [0.1, 0.15) is 13.2 Å². The van der Waals surface area contributed by atoms with E-state index in [1.165, 1.54) is 24.3 Å². The molecule has 0 aliphatic carbocycles. The molecule has 0 saturated carbocycles. The first-order chi connectivity index (χ1) is 12.0. The Morgan fingerprint density at radius 3 is 2.40 bits per heavy atom. The SMILES string of the molecule is C/C(=N\NC(=O)c1ccc([N+](=O)[O-])cc1)c1ccc2c(c1)OCCO2. The Morgan fingerprint density at radius 1 is 1.08 bits per heavy atom. The van der Waals surface area contributed by atoms with Gasteiger partial charge in [-0.05, 0) is 37.3 Å². The van der Waals surface area contributed by atoms with Crippen molar-refractivity contribution in [3.05, 3.63) is 63.7 Å². The molecule has 0 atom stereocenters. The number of hydrogen-bond donors (Lipinski definition) is 1. The molecule has 2 aromatic carbocycles. The van der Waals surface area contributed by atoms with Crippen LogP contribution in [0.3, 0.4) is 0 Å². The second-order valence-electron chi connectivity index (χ2n) is 5.30. The van der Waals surface area contributed by atoms with E-state index in [-0.39, 0.29) is 11.3 Å². The summed E-state index contributed by atoms with van der Waals surface area (Å²) >= 11 is 0. The van der Waals surface area contributed by atoms with Gasteiger partial charge in [-0.15, -0.1) is 0 Å². The number of nitro groups is 1. The average molecular weight is 341 g/mol. The van der Waals surface area contributed by atoms with Crippen molar-refractivity contribution in [3.63, 3.8) is 0 Å². The number of rotatable bonds is 4. The van der Waals surface area contributed by atoms with Gasteiger partial charge in [0.15, 0.2) is 11.5 Å². The lowest BCUT2D eigenvalue weighted by atomic mass is 10.1. The molecule has 128 valence electrons. The first kappa shape index (κ1) is 16.4. The summed E-state index contributed by atoms with van der Waals surface area (Å²) in [6.45, 7) is 2.76. The number of carbonyl (C=O) groups excluding carboxylic acids is 1. The molecule has 0 spiro atoms. The summed E-state index contributed by atoms with van der Waals surface area (Å²) in [4.78, 5) is 22.2. The van der Waals surface area contributed by atoms with Crippen LogP contribution >= 0.6 is 0 Å². The quantitative estimate of drug-likeness (QED) is 0.523. The number of hydrazone groups is 1. The zero-order chi connectivity index (χ0) is 17.8. The number of carbonyl (C=O) groups is 1. The van der Waals surface area contributed by atoms with E-state index in [1.807, 2.05) is 6.07 Å². The maximum absolute atomic E-state index is 12.1. The van der Waals surface area contributed by atoms with Crippen molar-refractivity contribution in [1.82, 2.24) is 5.43 Å². The number of fused-ring (bicyclic) bond motifs is 1. The lowest BCUT2D eigenvalue weighted by Gasteiger charge is -2.18. The van der Waals surface area contributed by atoms with Crippen LogP contribution in [0, 0.1) is 10.1 Å². The average Bonchev–Trinajstić information content (AvgIpc) is 2.65. The summed E-state index contributed by atoms with van der Waals surface area (Å²) < 4.78 is 11.0. The molecule has 0 saturated heterocycles. The third kappa shape index (κ3) is 3.74. The normalized spacial score (nSPS) is 13.2. The Labute approximate surface area is 143 Å². The van der Waals surface area contributed by atoms with Gasteiger partial charge in [-0.2, -0.15) is 5.10 Å². The molecular weight excluding hydrogens is 326 g/mol. The Kier molecular flexibility index (Phi) is 4.60. The minimum Gasteiger partial charge on any atom is -0.486 e. The molecule has 8 nitrogen and oxygen atoms in total. The van der Waals surface area contributed by atoms with Crippen LogP contribution in [0.1, 0.15) is 22.8 Å². The molecule has 1 aliphatic heterocycles. The Hall–Kier alpha value is -3.42. The summed E-state index contributed by atoms with van der Waals surface area (Å²) in [7, 11) is 0. The van der Waals surface area contributed by atoms with Gasteiger partial charge in [-0.1, -0.05) is 0 Å². The molecule has 1 amide bonds. The van der Waals surface area contributed by atoms with Crippen LogP contribution in [-0.2, 0) is 0 Å². The predicted molar refractivity (Wildman–Crippen MR) is 90.2 cm³/mol. The van der Waals surface area contributed by atoms with Gasteiger partial charge >= 0.3 is 0 Å². The third-order valence-corrected chi connectivity index (χ3v) is 3.63. The highest BCUT2D eigenvalue weighted by atomic mass is 16.6. The standard InChI is InChI=1S/C17H15N3O5/c1-11(13-4-7-15-16(10-13)25-9-8-24-15)18-19-17(21)12-2-5-14(6-3-12)20(22)23/h2-7,10H,8-9H2,1H3,(H,19,21)/b18-11+. The molecule has 2 aromatic rings. The number of nitrogens with one attached hydrogen (secondary N) is 1. The smallest absolute Gasteiger partial charge is 0.271 e. The fourth-order valence-electron chi connectivity index (χ4n) is 2.27. The third-order valence-electron chi connectivity index (χ3n) is 3.63. The second kappa shape index (κ2) is 7.00. The summed E-state index contributed by atoms with van der Waals surface area (Å²) in [5.41, 5.74) is 4.01. The van der Waals surface area contributed by atoms with Crippen LogP contribution < -0.4 is 14.9 Å². The van der Waals surface area contributed by atoms with E-state index in [4.69, 9.17) is 9.47 Å². The first-order valence-corrected chi connectivity index (χ1v) is 7.54. The molecule has 0 bridgehead atoms. The molecule has 0 radical (unpaired) electrons. The van der Waals surface area contributed by atoms with E-state index in [0.29, 0.717) is 30.4 Å². The largest absolute Gasteiger partial charge is 0.486 e. The van der Waals surface area contributed by atoms with Gasteiger partial charge in [0.05, 0.1) is 10.6 Å². The molecule has 25 heavy (non-hydrogen) atoms. The zero-order valence-electron chi connectivity index (χ0n) is 13.4. The topological polar surface area (TPSA) is 103 Å². The maximum atomic E-state index is 12.1. The number of nitrogens with zero attached hydrogens (tertiary/aromatic N) is 2. The van der Waals surface area contributed by atoms with Gasteiger partial charge in [-0.25, -0.2) is 5.43 Å². The number of ether oxygens (including phenoxy) is 2. The molecule has 0 fully saturated rings. The van der Waals surface area contributed by atoms with Crippen molar-refractivity contribution in [1.29, 1.82) is 0 Å². The van der Waals surface area contributed by atoms with Crippen LogP contribution in [0.25, 0.3) is 0 Å². The first-order valence-electron chi connectivity index (χ1n) is 7.54. The van der Waals surface area contributed by atoms with Crippen molar-refractivity contribution in [2.24, 2.45) is 5.10 Å². The van der Waals surface area contributed by atoms with Crippen molar-refractivity contribution < 1.29 is 19.2 Å². The Bertz CT molecular complexity index is 846. The highest BCUT2D eigenvalue weighted by Gasteiger charge is 2.13. The zero-order valence-corrected chi connectivity index (χ0v) is 13.4. The van der Waals surface area contributed by atoms with Crippen molar-refractivity contribution in [3.8, 4) is 11.5 Å². The summed E-state index contributed by atoms with van der Waals surface area (Å²) in [5.74, 6) is 0.865. The number of non-ortho nitro benzene ring substituents is 1. The summed E-state index contributed by atoms with van der Waals surface area (Å²) in [6.07, 6.45) is 0. The molecule has 1 N–H and O–H groups in total. The van der Waals surface area contributed by atoms with E-state index < -0.39 is 10.8 Å². The number of amides is 1. The molecule has 1 aliphatic rings. The monoisotopic (exact) mass is 341 g/mol. The van der Waals surface area contributed by atoms with Crippen LogP contribution in [0.15, 0.2) is 47.6 Å². The van der Waals surface area contributed by atoms with Gasteiger partial charge < -0.3 is 9.47 Å². The van der Waals surface area contributed by atoms with Crippen LogP contribution in [0.2, 0.25) is 0 Å². The van der Waals surface area contributed by atoms with Crippen LogP contribution in [0.5, 0.6) is 11.5 Å². The van der Waals surface area contributed by atoms with E-state index in [2.05, 4.69) is 10.5 Å². The van der Waals surface area contributed by atoms with E-state index >= 15 is 0 Å². The Balaban J connectivity index is 1.70. The van der Waals surface area contributed by atoms with Crippen molar-refractivity contribution >= 4 is 17.3 Å². The lowest BCUT2D eigenvalue weighted by Crippen LogP contribution is -2.19. The fourth-order valence-corrected chi connectivity index (χ4v) is 2.27. The highest BCUT2D eigenvalue weighted by Crippen LogP contribution is 2.30. The molecule has 1 heterocycles. The van der Waals surface area contributed by atoms with Gasteiger partial charge in [0.25, 0.3) is 11.6 Å². The van der Waals surface area contributed by atoms with E-state index in [1.54, 1.807) is 19.1 Å². The van der Waals surface area contributed by atoms with Crippen LogP contribution in [-0.4, -0.2) is 29.8 Å². The lowest BCUT2D eigenvalue weighted by molar-refractivity contribution is -0.384. The van der Waals surface area contributed by atoms with Gasteiger partial charge in [0.2, 0.25) is 0 Å². The maximum Gasteiger partial charge on any atom is 0.271 e. The van der Waals surface area contributed by atoms with Crippen molar-refractivity contribution in [2.45, 2.75) is 6.92 Å². The molecule has 8 heteroatoms. The molecule has 0 aromatic heterocycles. The van der Waals surface area contributed by atoms with E-state index in [0.717, 1.165) is 5.56 Å². The number of hydrogen-bond acceptors (Lipinski definition) is 6. The minimum absolute atomic E-state index is 0.0764. The highest BCUT2D eigenvalue weighted by molar-refractivity contribution is 6.01. The molecule has 0 unspecified atom stereocenters. The fraction of sp³-hybridized carbons (Fsp3) is 0.176. The predicted octanol–water partition coefficient (Wildman–Crippen LogP) is 2.52. The number of nitro benzene ring substituents is 1. The molecule has 3 rings (SSSR count). The summed E-state index contributed by atoms with van der Waals surface area (Å²) in [5, 5.41) is 14.7. The van der Waals surface area contributed by atoms with E-state index in [9.17, 15) is 14.9 Å². The van der Waals surface area contributed by atoms with Crippen LogP contribution in [0.4, 0.5) is 5.69 Å². The van der Waals surface area contributed by atoms with Gasteiger partial charge in [0, 0.05) is 23.3 Å².